The topological polar surface area (TPSA) is 69.8 Å². The molecule has 0 unspecified atom stereocenters. The summed E-state index contributed by atoms with van der Waals surface area (Å²) in [5, 5.41) is 1.72. The average molecular weight is 455 g/mol. The average Bonchev–Trinajstić information content (AvgIpc) is 2.80. The maximum atomic E-state index is 13.5. The Morgan fingerprint density at radius 2 is 1.36 bits per heavy atom. The summed E-state index contributed by atoms with van der Waals surface area (Å²) in [7, 11) is 1.72. The third-order valence-corrected chi connectivity index (χ3v) is 6.55. The molecule has 0 fully saturated rings. The van der Waals surface area contributed by atoms with E-state index in [0.717, 1.165) is 16.8 Å². The lowest BCUT2D eigenvalue weighted by Gasteiger charge is -2.15. The van der Waals surface area contributed by atoms with E-state index in [9.17, 15) is 9.59 Å². The van der Waals surface area contributed by atoms with Crippen LogP contribution in [-0.2, 0) is 12.8 Å². The Balaban J connectivity index is 1.65. The smallest absolute Gasteiger partial charge is 0.266 e. The number of aromatic nitrogens is 4. The van der Waals surface area contributed by atoms with Crippen LogP contribution in [0.15, 0.2) is 81.5 Å². The van der Waals surface area contributed by atoms with Crippen LogP contribution in [0.2, 0.25) is 0 Å². The standard InChI is InChI=1S/C26H22N4O2S/c1-16-12-17(2)14-18(13-16)30-25(32)20-9-5-7-11-22(20)28-26(30)33-15-23-27-21-10-6-4-8-19(21)24(31)29(23)3/h4-14H,15H2,1-3H3. The van der Waals surface area contributed by atoms with Gasteiger partial charge < -0.3 is 0 Å². The van der Waals surface area contributed by atoms with Crippen LogP contribution in [0.5, 0.6) is 0 Å². The number of hydrogen-bond donors (Lipinski definition) is 0. The Hall–Kier alpha value is -3.71. The van der Waals surface area contributed by atoms with Gasteiger partial charge in [-0.3, -0.25) is 18.7 Å². The number of aryl methyl sites for hydroxylation is 2. The minimum absolute atomic E-state index is 0.0885. The molecular weight excluding hydrogens is 432 g/mol. The Morgan fingerprint density at radius 3 is 2.03 bits per heavy atom. The van der Waals surface area contributed by atoms with Gasteiger partial charge in [-0.1, -0.05) is 42.1 Å². The van der Waals surface area contributed by atoms with Gasteiger partial charge in [-0.2, -0.15) is 0 Å². The first-order valence-electron chi connectivity index (χ1n) is 10.6. The van der Waals surface area contributed by atoms with E-state index in [1.807, 2.05) is 62.4 Å². The normalized spacial score (nSPS) is 11.4. The number of hydrogen-bond acceptors (Lipinski definition) is 5. The van der Waals surface area contributed by atoms with Crippen LogP contribution in [0.4, 0.5) is 0 Å². The molecule has 3 aromatic carbocycles. The lowest BCUT2D eigenvalue weighted by Crippen LogP contribution is -2.23. The highest BCUT2D eigenvalue weighted by Crippen LogP contribution is 2.25. The second-order valence-electron chi connectivity index (χ2n) is 8.10. The summed E-state index contributed by atoms with van der Waals surface area (Å²) >= 11 is 1.40. The van der Waals surface area contributed by atoms with Gasteiger partial charge in [-0.05, 0) is 61.4 Å². The van der Waals surface area contributed by atoms with Crippen LogP contribution in [0.25, 0.3) is 27.5 Å². The SMILES string of the molecule is Cc1cc(C)cc(-n2c(SCc3nc4ccccc4c(=O)n3C)nc3ccccc3c2=O)c1. The Bertz CT molecular complexity index is 1630. The van der Waals surface area contributed by atoms with Crippen molar-refractivity contribution in [3.8, 4) is 5.69 Å². The molecule has 6 nitrogen and oxygen atoms in total. The van der Waals surface area contributed by atoms with Gasteiger partial charge in [-0.25, -0.2) is 9.97 Å². The van der Waals surface area contributed by atoms with Gasteiger partial charge in [-0.15, -0.1) is 0 Å². The second-order valence-corrected chi connectivity index (χ2v) is 9.04. The lowest BCUT2D eigenvalue weighted by atomic mass is 10.1. The summed E-state index contributed by atoms with van der Waals surface area (Å²) in [5.74, 6) is 1.02. The van der Waals surface area contributed by atoms with Crippen LogP contribution >= 0.6 is 11.8 Å². The van der Waals surface area contributed by atoms with Crippen LogP contribution in [0.3, 0.4) is 0 Å². The molecule has 0 bridgehead atoms. The largest absolute Gasteiger partial charge is 0.299 e. The minimum atomic E-state index is -0.117. The first-order valence-corrected chi connectivity index (χ1v) is 11.6. The van der Waals surface area contributed by atoms with Crippen LogP contribution < -0.4 is 11.1 Å². The van der Waals surface area contributed by atoms with Gasteiger partial charge in [0.15, 0.2) is 5.16 Å². The monoisotopic (exact) mass is 454 g/mol. The summed E-state index contributed by atoms with van der Waals surface area (Å²) in [6.07, 6.45) is 0. The van der Waals surface area contributed by atoms with Gasteiger partial charge in [0.2, 0.25) is 0 Å². The molecule has 2 aromatic heterocycles. The number of thioether (sulfide) groups is 1. The molecule has 7 heteroatoms. The summed E-state index contributed by atoms with van der Waals surface area (Å²) in [5.41, 5.74) is 4.01. The number of nitrogens with zero attached hydrogens (tertiary/aromatic N) is 4. The van der Waals surface area contributed by atoms with Crippen molar-refractivity contribution < 1.29 is 0 Å². The molecular formula is C26H22N4O2S. The van der Waals surface area contributed by atoms with Gasteiger partial charge in [0.1, 0.15) is 5.82 Å². The van der Waals surface area contributed by atoms with E-state index < -0.39 is 0 Å². The van der Waals surface area contributed by atoms with Crippen molar-refractivity contribution in [2.45, 2.75) is 24.8 Å². The second kappa shape index (κ2) is 8.33. The lowest BCUT2D eigenvalue weighted by molar-refractivity contribution is 0.779. The van der Waals surface area contributed by atoms with E-state index in [0.29, 0.717) is 38.5 Å². The third-order valence-electron chi connectivity index (χ3n) is 5.62. The summed E-state index contributed by atoms with van der Waals surface area (Å²) in [6, 6.07) is 20.7. The van der Waals surface area contributed by atoms with Crippen molar-refractivity contribution in [2.24, 2.45) is 7.05 Å². The molecule has 0 aliphatic rings. The molecule has 0 aliphatic carbocycles. The summed E-state index contributed by atoms with van der Waals surface area (Å²) in [6.45, 7) is 4.02. The van der Waals surface area contributed by atoms with Gasteiger partial charge >= 0.3 is 0 Å². The fourth-order valence-electron chi connectivity index (χ4n) is 4.04. The summed E-state index contributed by atoms with van der Waals surface area (Å²) < 4.78 is 3.22. The Labute approximate surface area is 194 Å². The predicted molar refractivity (Wildman–Crippen MR) is 133 cm³/mol. The highest BCUT2D eigenvalue weighted by Gasteiger charge is 2.16. The highest BCUT2D eigenvalue weighted by atomic mass is 32.2. The Kier molecular flexibility index (Phi) is 5.34. The fourth-order valence-corrected chi connectivity index (χ4v) is 5.04. The quantitative estimate of drug-likeness (QED) is 0.295. The number of para-hydroxylation sites is 2. The zero-order chi connectivity index (χ0) is 23.1. The molecule has 0 aliphatic heterocycles. The van der Waals surface area contributed by atoms with E-state index in [-0.39, 0.29) is 11.1 Å². The van der Waals surface area contributed by atoms with Gasteiger partial charge in [0, 0.05) is 7.05 Å². The van der Waals surface area contributed by atoms with Gasteiger partial charge in [0.05, 0.1) is 33.2 Å². The Morgan fingerprint density at radius 1 is 0.788 bits per heavy atom. The van der Waals surface area contributed by atoms with E-state index >= 15 is 0 Å². The minimum Gasteiger partial charge on any atom is -0.299 e. The molecule has 0 saturated carbocycles. The molecule has 0 spiro atoms. The first-order chi connectivity index (χ1) is 15.9. The molecule has 2 heterocycles. The highest BCUT2D eigenvalue weighted by molar-refractivity contribution is 7.98. The van der Waals surface area contributed by atoms with Crippen molar-refractivity contribution in [1.29, 1.82) is 0 Å². The van der Waals surface area contributed by atoms with Crippen molar-refractivity contribution in [3.63, 3.8) is 0 Å². The van der Waals surface area contributed by atoms with Crippen LogP contribution in [0, 0.1) is 13.8 Å². The van der Waals surface area contributed by atoms with Crippen molar-refractivity contribution in [2.75, 3.05) is 0 Å². The molecule has 0 saturated heterocycles. The summed E-state index contributed by atoms with van der Waals surface area (Å²) in [4.78, 5) is 35.8. The molecule has 164 valence electrons. The van der Waals surface area contributed by atoms with E-state index in [1.165, 1.54) is 11.8 Å². The van der Waals surface area contributed by atoms with E-state index in [4.69, 9.17) is 9.97 Å². The number of fused-ring (bicyclic) bond motifs is 2. The zero-order valence-electron chi connectivity index (χ0n) is 18.6. The molecule has 5 aromatic rings. The van der Waals surface area contributed by atoms with Crippen molar-refractivity contribution in [3.05, 3.63) is 104 Å². The van der Waals surface area contributed by atoms with Gasteiger partial charge in [0.25, 0.3) is 11.1 Å². The van der Waals surface area contributed by atoms with Crippen LogP contribution in [0.1, 0.15) is 17.0 Å². The first kappa shape index (κ1) is 21.2. The predicted octanol–water partition coefficient (Wildman–Crippen LogP) is 4.54. The van der Waals surface area contributed by atoms with E-state index in [2.05, 4.69) is 6.07 Å². The maximum absolute atomic E-state index is 13.5. The molecule has 33 heavy (non-hydrogen) atoms. The third kappa shape index (κ3) is 3.85. The van der Waals surface area contributed by atoms with Crippen molar-refractivity contribution >= 4 is 33.6 Å². The molecule has 0 amide bonds. The number of rotatable bonds is 4. The number of benzene rings is 3. The molecule has 0 atom stereocenters. The maximum Gasteiger partial charge on any atom is 0.266 e. The van der Waals surface area contributed by atoms with E-state index in [1.54, 1.807) is 28.3 Å². The molecule has 5 rings (SSSR count). The fraction of sp³-hybridized carbons (Fsp3) is 0.154. The van der Waals surface area contributed by atoms with Crippen molar-refractivity contribution in [1.82, 2.24) is 19.1 Å². The van der Waals surface area contributed by atoms with Crippen LogP contribution in [-0.4, -0.2) is 19.1 Å². The molecule has 0 N–H and O–H groups in total. The molecule has 0 radical (unpaired) electrons. The zero-order valence-corrected chi connectivity index (χ0v) is 19.4.